The van der Waals surface area contributed by atoms with E-state index < -0.39 is 12.5 Å². The van der Waals surface area contributed by atoms with Gasteiger partial charge in [0.2, 0.25) is 0 Å². The number of rotatable bonds is 2. The third-order valence-electron chi connectivity index (χ3n) is 1.14. The van der Waals surface area contributed by atoms with Crippen LogP contribution in [0, 0.1) is 0 Å². The van der Waals surface area contributed by atoms with E-state index in [1.807, 2.05) is 0 Å². The van der Waals surface area contributed by atoms with E-state index in [-0.39, 0.29) is 0 Å². The first-order chi connectivity index (χ1) is 5.72. The molecule has 1 amide bonds. The largest absolute Gasteiger partial charge is 0.387 e. The Hall–Kier alpha value is -1.13. The molecule has 0 aliphatic carbocycles. The van der Waals surface area contributed by atoms with Crippen LogP contribution in [0.4, 0.5) is 5.82 Å². The Morgan fingerprint density at radius 3 is 2.92 bits per heavy atom. The molecule has 0 atom stereocenters. The number of carbonyl (C=O) groups is 1. The molecule has 5 heteroatoms. The molecule has 64 valence electrons. The van der Waals surface area contributed by atoms with Gasteiger partial charge in [-0.2, -0.15) is 0 Å². The van der Waals surface area contributed by atoms with E-state index in [4.69, 9.17) is 16.7 Å². The van der Waals surface area contributed by atoms with Gasteiger partial charge in [-0.1, -0.05) is 11.6 Å². The van der Waals surface area contributed by atoms with Gasteiger partial charge >= 0.3 is 0 Å². The number of nitrogens with one attached hydrogen (secondary N) is 1. The molecule has 0 saturated carbocycles. The molecule has 2 N–H and O–H groups in total. The summed E-state index contributed by atoms with van der Waals surface area (Å²) in [6.07, 6.45) is 1.41. The van der Waals surface area contributed by atoms with E-state index >= 15 is 0 Å². The second-order valence-electron chi connectivity index (χ2n) is 2.07. The monoisotopic (exact) mass is 186 g/mol. The van der Waals surface area contributed by atoms with Crippen molar-refractivity contribution >= 4 is 23.3 Å². The molecule has 1 heterocycles. The molecular formula is C7H7ClN2O2. The van der Waals surface area contributed by atoms with Crippen LogP contribution < -0.4 is 5.32 Å². The molecule has 0 aliphatic rings. The van der Waals surface area contributed by atoms with Crippen LogP contribution >= 0.6 is 11.6 Å². The summed E-state index contributed by atoms with van der Waals surface area (Å²) in [5, 5.41) is 11.2. The predicted octanol–water partition coefficient (Wildman–Crippen LogP) is 0.666. The molecule has 1 aromatic heterocycles. The summed E-state index contributed by atoms with van der Waals surface area (Å²) < 4.78 is 0. The van der Waals surface area contributed by atoms with Crippen molar-refractivity contribution in [1.82, 2.24) is 4.98 Å². The molecule has 0 fully saturated rings. The Bertz CT molecular complexity index is 273. The van der Waals surface area contributed by atoms with Crippen molar-refractivity contribution in [3.05, 3.63) is 23.4 Å². The van der Waals surface area contributed by atoms with Gasteiger partial charge in [-0.25, -0.2) is 4.98 Å². The Balaban J connectivity index is 2.64. The lowest BCUT2D eigenvalue weighted by atomic mass is 10.4. The van der Waals surface area contributed by atoms with Crippen molar-refractivity contribution in [2.45, 2.75) is 0 Å². The Morgan fingerprint density at radius 1 is 1.67 bits per heavy atom. The zero-order valence-electron chi connectivity index (χ0n) is 6.12. The number of hydrogen-bond acceptors (Lipinski definition) is 3. The van der Waals surface area contributed by atoms with Crippen LogP contribution in [0.1, 0.15) is 0 Å². The fraction of sp³-hybridized carbons (Fsp3) is 0.143. The topological polar surface area (TPSA) is 62.2 Å². The van der Waals surface area contributed by atoms with Crippen LogP contribution in [0.25, 0.3) is 0 Å². The molecule has 0 aromatic carbocycles. The third kappa shape index (κ3) is 2.48. The summed E-state index contributed by atoms with van der Waals surface area (Å²) in [6.45, 7) is -0.551. The normalized spacial score (nSPS) is 9.50. The van der Waals surface area contributed by atoms with Gasteiger partial charge in [0.05, 0.1) is 5.02 Å². The molecule has 0 unspecified atom stereocenters. The van der Waals surface area contributed by atoms with E-state index in [2.05, 4.69) is 10.3 Å². The van der Waals surface area contributed by atoms with Gasteiger partial charge in [0, 0.05) is 6.20 Å². The highest BCUT2D eigenvalue weighted by Crippen LogP contribution is 2.08. The van der Waals surface area contributed by atoms with Gasteiger partial charge in [0.15, 0.2) is 0 Å². The summed E-state index contributed by atoms with van der Waals surface area (Å²) in [4.78, 5) is 14.4. The lowest BCUT2D eigenvalue weighted by molar-refractivity contribution is -0.118. The second kappa shape index (κ2) is 4.04. The highest BCUT2D eigenvalue weighted by molar-refractivity contribution is 6.30. The average Bonchev–Trinajstić information content (AvgIpc) is 2.09. The fourth-order valence-corrected chi connectivity index (χ4v) is 0.744. The minimum absolute atomic E-state index is 0.374. The van der Waals surface area contributed by atoms with Gasteiger partial charge < -0.3 is 10.4 Å². The van der Waals surface area contributed by atoms with E-state index in [1.165, 1.54) is 6.20 Å². The molecule has 1 aromatic rings. The van der Waals surface area contributed by atoms with Crippen LogP contribution in [0.15, 0.2) is 18.3 Å². The Labute approximate surface area is 74.2 Å². The SMILES string of the molecule is O=C(CO)Nc1ccc(Cl)cn1. The van der Waals surface area contributed by atoms with Gasteiger partial charge in [-0.15, -0.1) is 0 Å². The van der Waals surface area contributed by atoms with E-state index in [9.17, 15) is 4.79 Å². The Morgan fingerprint density at radius 2 is 2.42 bits per heavy atom. The lowest BCUT2D eigenvalue weighted by Crippen LogP contribution is -2.16. The van der Waals surface area contributed by atoms with Crippen molar-refractivity contribution in [1.29, 1.82) is 0 Å². The number of pyridine rings is 1. The number of nitrogens with zero attached hydrogens (tertiary/aromatic N) is 1. The highest BCUT2D eigenvalue weighted by Gasteiger charge is 1.99. The maximum Gasteiger partial charge on any atom is 0.251 e. The summed E-state index contributed by atoms with van der Waals surface area (Å²) in [6, 6.07) is 3.15. The minimum atomic E-state index is -0.551. The number of amides is 1. The first-order valence-electron chi connectivity index (χ1n) is 3.24. The van der Waals surface area contributed by atoms with Gasteiger partial charge in [-0.3, -0.25) is 4.79 Å². The van der Waals surface area contributed by atoms with Crippen LogP contribution in [0.5, 0.6) is 0 Å². The van der Waals surface area contributed by atoms with Crippen LogP contribution in [-0.4, -0.2) is 22.6 Å². The predicted molar refractivity (Wildman–Crippen MR) is 45.0 cm³/mol. The molecule has 4 nitrogen and oxygen atoms in total. The average molecular weight is 187 g/mol. The van der Waals surface area contributed by atoms with E-state index in [0.717, 1.165) is 0 Å². The molecule has 0 radical (unpaired) electrons. The van der Waals surface area contributed by atoms with Crippen LogP contribution in [0.3, 0.4) is 0 Å². The van der Waals surface area contributed by atoms with Gasteiger partial charge in [0.25, 0.3) is 5.91 Å². The smallest absolute Gasteiger partial charge is 0.251 e. The third-order valence-corrected chi connectivity index (χ3v) is 1.36. The molecule has 0 spiro atoms. The number of aromatic nitrogens is 1. The molecule has 1 rings (SSSR count). The van der Waals surface area contributed by atoms with Gasteiger partial charge in [0.1, 0.15) is 12.4 Å². The van der Waals surface area contributed by atoms with Crippen molar-refractivity contribution < 1.29 is 9.90 Å². The standard InChI is InChI=1S/C7H7ClN2O2/c8-5-1-2-6(9-3-5)10-7(12)4-11/h1-3,11H,4H2,(H,9,10,12). The number of carbonyl (C=O) groups excluding carboxylic acids is 1. The van der Waals surface area contributed by atoms with Crippen molar-refractivity contribution in [2.24, 2.45) is 0 Å². The zero-order valence-corrected chi connectivity index (χ0v) is 6.88. The number of anilines is 1. The summed E-state index contributed by atoms with van der Waals surface area (Å²) >= 11 is 5.56. The Kier molecular flexibility index (Phi) is 3.01. The van der Waals surface area contributed by atoms with Gasteiger partial charge in [-0.05, 0) is 12.1 Å². The summed E-state index contributed by atoms with van der Waals surface area (Å²) in [7, 11) is 0. The molecule has 0 aliphatic heterocycles. The minimum Gasteiger partial charge on any atom is -0.387 e. The molecule has 0 saturated heterocycles. The van der Waals surface area contributed by atoms with Crippen molar-refractivity contribution in [3.8, 4) is 0 Å². The fourth-order valence-electron chi connectivity index (χ4n) is 0.632. The summed E-state index contributed by atoms with van der Waals surface area (Å²) in [5.74, 6) is -0.122. The zero-order chi connectivity index (χ0) is 8.97. The maximum absolute atomic E-state index is 10.6. The molecule has 0 bridgehead atoms. The lowest BCUT2D eigenvalue weighted by Gasteiger charge is -2.00. The molecule has 12 heavy (non-hydrogen) atoms. The number of hydrogen-bond donors (Lipinski definition) is 2. The van der Waals surface area contributed by atoms with E-state index in [1.54, 1.807) is 12.1 Å². The number of aliphatic hydroxyl groups excluding tert-OH is 1. The van der Waals surface area contributed by atoms with E-state index in [0.29, 0.717) is 10.8 Å². The maximum atomic E-state index is 10.6. The summed E-state index contributed by atoms with van der Waals surface area (Å²) in [5.41, 5.74) is 0. The van der Waals surface area contributed by atoms with Crippen molar-refractivity contribution in [3.63, 3.8) is 0 Å². The first kappa shape index (κ1) is 8.96. The quantitative estimate of drug-likeness (QED) is 0.714. The molecular weight excluding hydrogens is 180 g/mol. The second-order valence-corrected chi connectivity index (χ2v) is 2.50. The first-order valence-corrected chi connectivity index (χ1v) is 3.62. The number of aliphatic hydroxyl groups is 1. The van der Waals surface area contributed by atoms with Crippen LogP contribution in [0.2, 0.25) is 5.02 Å². The van der Waals surface area contributed by atoms with Crippen molar-refractivity contribution in [2.75, 3.05) is 11.9 Å². The number of halogens is 1. The highest BCUT2D eigenvalue weighted by atomic mass is 35.5. The van der Waals surface area contributed by atoms with Crippen LogP contribution in [-0.2, 0) is 4.79 Å².